The molecule has 2 heterocycles. The number of aryl methyl sites for hydroxylation is 1. The fraction of sp³-hybridized carbons (Fsp3) is 0.350. The van der Waals surface area contributed by atoms with Gasteiger partial charge in [-0.2, -0.15) is 0 Å². The van der Waals surface area contributed by atoms with Crippen LogP contribution in [0.5, 0.6) is 0 Å². The van der Waals surface area contributed by atoms with Crippen molar-refractivity contribution in [3.8, 4) is 0 Å². The average molecular weight is 371 g/mol. The molecule has 1 amide bonds. The lowest BCUT2D eigenvalue weighted by molar-refractivity contribution is -0.155. The van der Waals surface area contributed by atoms with E-state index in [2.05, 4.69) is 0 Å². The molecule has 0 N–H and O–H groups in total. The highest BCUT2D eigenvalue weighted by molar-refractivity contribution is 5.90. The van der Waals surface area contributed by atoms with Gasteiger partial charge in [-0.25, -0.2) is 9.59 Å². The largest absolute Gasteiger partial charge is 0.459 e. The van der Waals surface area contributed by atoms with Crippen molar-refractivity contribution in [1.29, 1.82) is 0 Å². The van der Waals surface area contributed by atoms with E-state index < -0.39 is 30.5 Å². The first-order valence-corrected chi connectivity index (χ1v) is 8.78. The fourth-order valence-corrected chi connectivity index (χ4v) is 2.96. The monoisotopic (exact) mass is 371 g/mol. The van der Waals surface area contributed by atoms with Crippen LogP contribution >= 0.6 is 0 Å². The highest BCUT2D eigenvalue weighted by Gasteiger charge is 2.35. The van der Waals surface area contributed by atoms with Gasteiger partial charge in [0.25, 0.3) is 5.91 Å². The van der Waals surface area contributed by atoms with Crippen LogP contribution in [-0.4, -0.2) is 41.9 Å². The summed E-state index contributed by atoms with van der Waals surface area (Å²) in [7, 11) is 0. The average Bonchev–Trinajstić information content (AvgIpc) is 3.34. The molecule has 1 fully saturated rings. The minimum Gasteiger partial charge on any atom is -0.459 e. The number of esters is 2. The number of amides is 1. The Morgan fingerprint density at radius 2 is 1.89 bits per heavy atom. The number of carbonyl (C=O) groups is 3. The van der Waals surface area contributed by atoms with E-state index in [0.717, 1.165) is 5.56 Å². The van der Waals surface area contributed by atoms with Crippen molar-refractivity contribution >= 4 is 17.8 Å². The number of likely N-dealkylation sites (tertiary alicyclic amines) is 1. The van der Waals surface area contributed by atoms with Gasteiger partial charge in [-0.15, -0.1) is 0 Å². The molecule has 1 aliphatic heterocycles. The Morgan fingerprint density at radius 3 is 2.59 bits per heavy atom. The summed E-state index contributed by atoms with van der Waals surface area (Å²) in [5, 5.41) is 0. The van der Waals surface area contributed by atoms with Crippen molar-refractivity contribution in [2.75, 3.05) is 13.2 Å². The Kier molecular flexibility index (Phi) is 5.90. The third-order valence-corrected chi connectivity index (χ3v) is 4.34. The maximum atomic E-state index is 12.4. The number of ether oxygens (including phenoxy) is 2. The zero-order valence-electron chi connectivity index (χ0n) is 15.1. The van der Waals surface area contributed by atoms with E-state index >= 15 is 0 Å². The molecule has 1 aromatic carbocycles. The number of benzene rings is 1. The van der Waals surface area contributed by atoms with Crippen molar-refractivity contribution in [2.24, 2.45) is 0 Å². The smallest absolute Gasteiger partial charge is 0.374 e. The van der Waals surface area contributed by atoms with Gasteiger partial charge >= 0.3 is 11.9 Å². The molecule has 3 rings (SSSR count). The second kappa shape index (κ2) is 8.53. The predicted molar refractivity (Wildman–Crippen MR) is 94.7 cm³/mol. The number of carbonyl (C=O) groups excluding carboxylic acids is 3. The first-order chi connectivity index (χ1) is 13.0. The highest BCUT2D eigenvalue weighted by atomic mass is 16.6. The van der Waals surface area contributed by atoms with E-state index in [1.54, 1.807) is 13.0 Å². The van der Waals surface area contributed by atoms with Gasteiger partial charge in [0.05, 0.1) is 0 Å². The van der Waals surface area contributed by atoms with Crippen LogP contribution in [0.1, 0.15) is 34.7 Å². The summed E-state index contributed by atoms with van der Waals surface area (Å²) in [6.07, 6.45) is 1.23. The Labute approximate surface area is 156 Å². The lowest BCUT2D eigenvalue weighted by atomic mass is 10.2. The number of hydrogen-bond acceptors (Lipinski definition) is 6. The SMILES string of the molecule is Cc1ccc(C(=O)OCC(=O)N2CCCC2C(=O)OCc2ccccc2)o1. The third kappa shape index (κ3) is 4.75. The zero-order chi connectivity index (χ0) is 19.2. The molecule has 0 bridgehead atoms. The Morgan fingerprint density at radius 1 is 1.11 bits per heavy atom. The minimum atomic E-state index is -0.709. The van der Waals surface area contributed by atoms with Crippen LogP contribution in [0.3, 0.4) is 0 Å². The summed E-state index contributed by atoms with van der Waals surface area (Å²) in [6, 6.07) is 11.8. The lowest BCUT2D eigenvalue weighted by Crippen LogP contribution is -2.43. The molecule has 1 unspecified atom stereocenters. The molecule has 0 aliphatic carbocycles. The van der Waals surface area contributed by atoms with Crippen LogP contribution < -0.4 is 0 Å². The Hall–Kier alpha value is -3.09. The van der Waals surface area contributed by atoms with E-state index in [0.29, 0.717) is 25.1 Å². The molecule has 142 valence electrons. The lowest BCUT2D eigenvalue weighted by Gasteiger charge is -2.23. The summed E-state index contributed by atoms with van der Waals surface area (Å²) in [4.78, 5) is 38.0. The van der Waals surface area contributed by atoms with Crippen molar-refractivity contribution in [2.45, 2.75) is 32.4 Å². The second-order valence-corrected chi connectivity index (χ2v) is 6.32. The normalized spacial score (nSPS) is 16.2. The van der Waals surface area contributed by atoms with E-state index in [4.69, 9.17) is 13.9 Å². The van der Waals surface area contributed by atoms with Crippen LogP contribution in [-0.2, 0) is 25.7 Å². The number of rotatable bonds is 6. The molecule has 1 aliphatic rings. The first kappa shape index (κ1) is 18.7. The Balaban J connectivity index is 1.51. The van der Waals surface area contributed by atoms with Crippen molar-refractivity contribution in [3.63, 3.8) is 0 Å². The van der Waals surface area contributed by atoms with Crippen LogP contribution in [0.4, 0.5) is 0 Å². The second-order valence-electron chi connectivity index (χ2n) is 6.32. The molecule has 0 radical (unpaired) electrons. The van der Waals surface area contributed by atoms with E-state index in [1.807, 2.05) is 30.3 Å². The van der Waals surface area contributed by atoms with Crippen LogP contribution in [0.15, 0.2) is 46.9 Å². The molecule has 2 aromatic rings. The molecule has 1 saturated heterocycles. The van der Waals surface area contributed by atoms with Crippen LogP contribution in [0.2, 0.25) is 0 Å². The minimum absolute atomic E-state index is 0.0422. The molecule has 0 saturated carbocycles. The van der Waals surface area contributed by atoms with Gasteiger partial charge in [0.15, 0.2) is 6.61 Å². The summed E-state index contributed by atoms with van der Waals surface area (Å²) in [5.41, 5.74) is 0.879. The summed E-state index contributed by atoms with van der Waals surface area (Å²) in [6.45, 7) is 1.85. The highest BCUT2D eigenvalue weighted by Crippen LogP contribution is 2.19. The molecular formula is C20H21NO6. The van der Waals surface area contributed by atoms with E-state index in [-0.39, 0.29) is 12.4 Å². The summed E-state index contributed by atoms with van der Waals surface area (Å²) in [5.74, 6) is -0.961. The third-order valence-electron chi connectivity index (χ3n) is 4.34. The van der Waals surface area contributed by atoms with Gasteiger partial charge < -0.3 is 18.8 Å². The molecular weight excluding hydrogens is 350 g/mol. The molecule has 1 aromatic heterocycles. The van der Waals surface area contributed by atoms with Gasteiger partial charge in [-0.05, 0) is 37.5 Å². The quantitative estimate of drug-likeness (QED) is 0.725. The van der Waals surface area contributed by atoms with Crippen LogP contribution in [0, 0.1) is 6.92 Å². The van der Waals surface area contributed by atoms with Gasteiger partial charge in [0.1, 0.15) is 18.4 Å². The van der Waals surface area contributed by atoms with Crippen molar-refractivity contribution < 1.29 is 28.3 Å². The zero-order valence-corrected chi connectivity index (χ0v) is 15.1. The van der Waals surface area contributed by atoms with Gasteiger partial charge in [-0.3, -0.25) is 4.79 Å². The molecule has 0 spiro atoms. The van der Waals surface area contributed by atoms with Gasteiger partial charge in [-0.1, -0.05) is 30.3 Å². The number of hydrogen-bond donors (Lipinski definition) is 0. The fourth-order valence-electron chi connectivity index (χ4n) is 2.96. The van der Waals surface area contributed by atoms with Gasteiger partial charge in [0, 0.05) is 6.54 Å². The predicted octanol–water partition coefficient (Wildman–Crippen LogP) is 2.48. The van der Waals surface area contributed by atoms with E-state index in [9.17, 15) is 14.4 Å². The molecule has 7 nitrogen and oxygen atoms in total. The van der Waals surface area contributed by atoms with Crippen LogP contribution in [0.25, 0.3) is 0 Å². The van der Waals surface area contributed by atoms with Crippen molar-refractivity contribution in [3.05, 3.63) is 59.5 Å². The van der Waals surface area contributed by atoms with Crippen molar-refractivity contribution in [1.82, 2.24) is 4.90 Å². The summed E-state index contributed by atoms with van der Waals surface area (Å²) >= 11 is 0. The molecule has 1 atom stereocenters. The molecule has 7 heteroatoms. The topological polar surface area (TPSA) is 86.1 Å². The maximum absolute atomic E-state index is 12.4. The summed E-state index contributed by atoms with van der Waals surface area (Å²) < 4.78 is 15.5. The molecule has 27 heavy (non-hydrogen) atoms. The van der Waals surface area contributed by atoms with Gasteiger partial charge in [0.2, 0.25) is 5.76 Å². The standard InChI is InChI=1S/C20H21NO6/c1-14-9-10-17(27-14)20(24)26-13-18(22)21-11-5-8-16(21)19(23)25-12-15-6-3-2-4-7-15/h2-4,6-7,9-10,16H,5,8,11-13H2,1H3. The Bertz CT molecular complexity index is 813. The maximum Gasteiger partial charge on any atom is 0.374 e. The number of furan rings is 1. The number of nitrogens with zero attached hydrogens (tertiary/aromatic N) is 1. The first-order valence-electron chi connectivity index (χ1n) is 8.78. The van der Waals surface area contributed by atoms with E-state index in [1.165, 1.54) is 11.0 Å².